The molecule has 1 aromatic rings. The Morgan fingerprint density at radius 2 is 1.92 bits per heavy atom. The molecule has 1 aromatic carbocycles. The largest absolute Gasteiger partial charge is 0.496 e. The van der Waals surface area contributed by atoms with E-state index in [0.717, 1.165) is 12.4 Å². The van der Waals surface area contributed by atoms with E-state index in [-0.39, 0.29) is 6.10 Å². The molecule has 0 spiro atoms. The molecular formula is C11H14O2. The minimum Gasteiger partial charge on any atom is -0.496 e. The third-order valence-electron chi connectivity index (χ3n) is 2.53. The summed E-state index contributed by atoms with van der Waals surface area (Å²) >= 11 is 0. The summed E-state index contributed by atoms with van der Waals surface area (Å²) in [5.41, 5.74) is 3.75. The molecule has 1 fully saturated rings. The maximum atomic E-state index is 5.30. The predicted molar refractivity (Wildman–Crippen MR) is 51.2 cm³/mol. The van der Waals surface area contributed by atoms with Crippen molar-refractivity contribution in [3.8, 4) is 5.75 Å². The van der Waals surface area contributed by atoms with Crippen molar-refractivity contribution in [2.75, 3.05) is 13.7 Å². The normalized spacial score (nSPS) is 20.1. The zero-order valence-corrected chi connectivity index (χ0v) is 8.26. The molecule has 0 bridgehead atoms. The first-order valence-electron chi connectivity index (χ1n) is 4.49. The van der Waals surface area contributed by atoms with Crippen LogP contribution in [0.2, 0.25) is 0 Å². The number of epoxide rings is 1. The second kappa shape index (κ2) is 3.04. The van der Waals surface area contributed by atoms with Crippen molar-refractivity contribution in [1.82, 2.24) is 0 Å². The fraction of sp³-hybridized carbons (Fsp3) is 0.455. The standard InChI is InChI=1S/C11H14O2/c1-7-4-9(11-6-13-11)10(12-3)5-8(7)2/h4-5,11H,6H2,1-3H3/t11-/m1/s1. The fourth-order valence-electron chi connectivity index (χ4n) is 1.47. The third kappa shape index (κ3) is 1.54. The number of methoxy groups -OCH3 is 1. The summed E-state index contributed by atoms with van der Waals surface area (Å²) < 4.78 is 10.6. The maximum Gasteiger partial charge on any atom is 0.125 e. The first-order valence-corrected chi connectivity index (χ1v) is 4.49. The SMILES string of the molecule is COc1cc(C)c(C)cc1[C@H]1CO1. The predicted octanol–water partition coefficient (Wildman–Crippen LogP) is 2.38. The second-order valence-corrected chi connectivity index (χ2v) is 3.50. The van der Waals surface area contributed by atoms with Crippen LogP contribution in [0.1, 0.15) is 22.8 Å². The van der Waals surface area contributed by atoms with E-state index in [4.69, 9.17) is 9.47 Å². The molecule has 2 rings (SSSR count). The van der Waals surface area contributed by atoms with Crippen LogP contribution in [0.4, 0.5) is 0 Å². The van der Waals surface area contributed by atoms with Gasteiger partial charge in [0.2, 0.25) is 0 Å². The van der Waals surface area contributed by atoms with Crippen LogP contribution >= 0.6 is 0 Å². The van der Waals surface area contributed by atoms with Gasteiger partial charge in [0.05, 0.1) is 13.7 Å². The fourth-order valence-corrected chi connectivity index (χ4v) is 1.47. The lowest BCUT2D eigenvalue weighted by molar-refractivity contribution is 0.383. The lowest BCUT2D eigenvalue weighted by Gasteiger charge is -2.09. The molecule has 0 unspecified atom stereocenters. The molecule has 0 radical (unpaired) electrons. The Kier molecular flexibility index (Phi) is 2.00. The monoisotopic (exact) mass is 178 g/mol. The van der Waals surface area contributed by atoms with E-state index in [1.807, 2.05) is 0 Å². The lowest BCUT2D eigenvalue weighted by Crippen LogP contribution is -1.93. The summed E-state index contributed by atoms with van der Waals surface area (Å²) in [4.78, 5) is 0. The third-order valence-corrected chi connectivity index (χ3v) is 2.53. The van der Waals surface area contributed by atoms with E-state index in [1.54, 1.807) is 7.11 Å². The van der Waals surface area contributed by atoms with E-state index >= 15 is 0 Å². The van der Waals surface area contributed by atoms with E-state index in [1.165, 1.54) is 16.7 Å². The Morgan fingerprint density at radius 1 is 1.31 bits per heavy atom. The van der Waals surface area contributed by atoms with Crippen LogP contribution in [-0.4, -0.2) is 13.7 Å². The zero-order chi connectivity index (χ0) is 9.42. The molecule has 1 heterocycles. The van der Waals surface area contributed by atoms with Gasteiger partial charge in [-0.25, -0.2) is 0 Å². The topological polar surface area (TPSA) is 21.8 Å². The summed E-state index contributed by atoms with van der Waals surface area (Å²) in [5, 5.41) is 0. The second-order valence-electron chi connectivity index (χ2n) is 3.50. The van der Waals surface area contributed by atoms with Gasteiger partial charge in [-0.1, -0.05) is 0 Å². The van der Waals surface area contributed by atoms with Gasteiger partial charge >= 0.3 is 0 Å². The number of rotatable bonds is 2. The van der Waals surface area contributed by atoms with E-state index in [0.29, 0.717) is 0 Å². The van der Waals surface area contributed by atoms with Gasteiger partial charge in [-0.2, -0.15) is 0 Å². The summed E-state index contributed by atoms with van der Waals surface area (Å²) in [6.45, 7) is 5.04. The molecule has 2 nitrogen and oxygen atoms in total. The quantitative estimate of drug-likeness (QED) is 0.648. The van der Waals surface area contributed by atoms with Crippen LogP contribution in [0, 0.1) is 13.8 Å². The molecule has 0 aromatic heterocycles. The number of hydrogen-bond donors (Lipinski definition) is 0. The molecule has 0 saturated carbocycles. The van der Waals surface area contributed by atoms with Crippen molar-refractivity contribution in [2.45, 2.75) is 20.0 Å². The van der Waals surface area contributed by atoms with Crippen LogP contribution in [-0.2, 0) is 4.74 Å². The van der Waals surface area contributed by atoms with Crippen LogP contribution in [0.25, 0.3) is 0 Å². The molecule has 1 atom stereocenters. The average molecular weight is 178 g/mol. The molecular weight excluding hydrogens is 164 g/mol. The van der Waals surface area contributed by atoms with Crippen LogP contribution in [0.3, 0.4) is 0 Å². The molecule has 1 saturated heterocycles. The molecule has 0 amide bonds. The number of ether oxygens (including phenoxy) is 2. The van der Waals surface area contributed by atoms with Gasteiger partial charge in [-0.3, -0.25) is 0 Å². The van der Waals surface area contributed by atoms with Gasteiger partial charge in [0, 0.05) is 5.56 Å². The smallest absolute Gasteiger partial charge is 0.125 e. The number of aryl methyl sites for hydroxylation is 2. The van der Waals surface area contributed by atoms with Crippen molar-refractivity contribution >= 4 is 0 Å². The highest BCUT2D eigenvalue weighted by atomic mass is 16.6. The molecule has 0 N–H and O–H groups in total. The highest BCUT2D eigenvalue weighted by Gasteiger charge is 2.28. The molecule has 0 aliphatic carbocycles. The summed E-state index contributed by atoms with van der Waals surface area (Å²) in [7, 11) is 1.70. The first-order chi connectivity index (χ1) is 6.22. The molecule has 1 aliphatic heterocycles. The molecule has 13 heavy (non-hydrogen) atoms. The molecule has 70 valence electrons. The van der Waals surface area contributed by atoms with Crippen LogP contribution in [0.5, 0.6) is 5.75 Å². The Labute approximate surface area is 78.5 Å². The minimum atomic E-state index is 0.272. The van der Waals surface area contributed by atoms with Gasteiger partial charge in [0.15, 0.2) is 0 Å². The van der Waals surface area contributed by atoms with Crippen molar-refractivity contribution in [2.24, 2.45) is 0 Å². The zero-order valence-electron chi connectivity index (χ0n) is 8.26. The Hall–Kier alpha value is -1.02. The van der Waals surface area contributed by atoms with Crippen molar-refractivity contribution < 1.29 is 9.47 Å². The molecule has 1 aliphatic rings. The van der Waals surface area contributed by atoms with Gasteiger partial charge in [0.25, 0.3) is 0 Å². The average Bonchev–Trinajstić information content (AvgIpc) is 2.92. The number of benzene rings is 1. The van der Waals surface area contributed by atoms with E-state index < -0.39 is 0 Å². The van der Waals surface area contributed by atoms with Gasteiger partial charge in [0.1, 0.15) is 11.9 Å². The van der Waals surface area contributed by atoms with Crippen molar-refractivity contribution in [3.05, 3.63) is 28.8 Å². The van der Waals surface area contributed by atoms with Gasteiger partial charge in [-0.15, -0.1) is 0 Å². The minimum absolute atomic E-state index is 0.272. The number of hydrogen-bond acceptors (Lipinski definition) is 2. The Morgan fingerprint density at radius 3 is 2.46 bits per heavy atom. The highest BCUT2D eigenvalue weighted by Crippen LogP contribution is 2.37. The Bertz CT molecular complexity index is 327. The van der Waals surface area contributed by atoms with Crippen molar-refractivity contribution in [1.29, 1.82) is 0 Å². The lowest BCUT2D eigenvalue weighted by atomic mass is 10.0. The highest BCUT2D eigenvalue weighted by molar-refractivity contribution is 5.44. The summed E-state index contributed by atoms with van der Waals surface area (Å²) in [6.07, 6.45) is 0.272. The van der Waals surface area contributed by atoms with E-state index in [2.05, 4.69) is 26.0 Å². The van der Waals surface area contributed by atoms with Crippen LogP contribution < -0.4 is 4.74 Å². The summed E-state index contributed by atoms with van der Waals surface area (Å²) in [5.74, 6) is 0.950. The van der Waals surface area contributed by atoms with Crippen LogP contribution in [0.15, 0.2) is 12.1 Å². The summed E-state index contributed by atoms with van der Waals surface area (Å²) in [6, 6.07) is 4.23. The maximum absolute atomic E-state index is 5.30. The van der Waals surface area contributed by atoms with Crippen molar-refractivity contribution in [3.63, 3.8) is 0 Å². The van der Waals surface area contributed by atoms with E-state index in [9.17, 15) is 0 Å². The molecule has 2 heteroatoms. The Balaban J connectivity index is 2.46. The van der Waals surface area contributed by atoms with Gasteiger partial charge < -0.3 is 9.47 Å². The van der Waals surface area contributed by atoms with Gasteiger partial charge in [-0.05, 0) is 37.1 Å². The first kappa shape index (κ1) is 8.57.